The summed E-state index contributed by atoms with van der Waals surface area (Å²) in [6, 6.07) is -0.890. The number of ether oxygens (including phenoxy) is 1. The van der Waals surface area contributed by atoms with Gasteiger partial charge in [-0.3, -0.25) is 14.2 Å². The molecule has 0 radical (unpaired) electrons. The number of carbonyl (C=O) groups excluding carboxylic acids is 2. The van der Waals surface area contributed by atoms with Crippen molar-refractivity contribution >= 4 is 19.7 Å². The Morgan fingerprint density at radius 1 is 0.380 bits per heavy atom. The van der Waals surface area contributed by atoms with Gasteiger partial charge in [-0.05, 0) is 102 Å². The van der Waals surface area contributed by atoms with E-state index < -0.39 is 20.0 Å². The van der Waals surface area contributed by atoms with Crippen molar-refractivity contribution in [1.82, 2.24) is 5.32 Å². The Morgan fingerprint density at radius 3 is 1.01 bits per heavy atom. The minimum atomic E-state index is -4.71. The maximum absolute atomic E-state index is 13.7. The first-order valence-electron chi connectivity index (χ1n) is 39.7. The number of nitrogens with zero attached hydrogens (tertiary/aromatic N) is 1. The van der Waals surface area contributed by atoms with E-state index in [9.17, 15) is 19.0 Å². The van der Waals surface area contributed by atoms with Crippen molar-refractivity contribution in [2.45, 2.75) is 399 Å². The summed E-state index contributed by atoms with van der Waals surface area (Å²) < 4.78 is 30.6. The normalized spacial score (nSPS) is 13.8. The minimum absolute atomic E-state index is 0.0219. The van der Waals surface area contributed by atoms with Crippen LogP contribution in [0.5, 0.6) is 0 Å². The third-order valence-electron chi connectivity index (χ3n) is 17.9. The lowest BCUT2D eigenvalue weighted by Crippen LogP contribution is -2.47. The molecule has 0 fully saturated rings. The zero-order valence-corrected chi connectivity index (χ0v) is 62.7. The third kappa shape index (κ3) is 71.7. The van der Waals surface area contributed by atoms with Gasteiger partial charge in [0.25, 0.3) is 7.82 Å². The third-order valence-corrected chi connectivity index (χ3v) is 18.8. The van der Waals surface area contributed by atoms with Gasteiger partial charge in [0.05, 0.1) is 33.8 Å². The number of hydrogen-bond donors (Lipinski definition) is 1. The number of amides is 1. The summed E-state index contributed by atoms with van der Waals surface area (Å²) in [6.07, 6.45) is 94.7. The van der Waals surface area contributed by atoms with E-state index in [1.807, 2.05) is 33.3 Å². The molecule has 0 aromatic carbocycles. The van der Waals surface area contributed by atoms with E-state index in [2.05, 4.69) is 86.8 Å². The molecule has 0 saturated carbocycles. The first-order valence-corrected chi connectivity index (χ1v) is 41.2. The summed E-state index contributed by atoms with van der Waals surface area (Å²) in [4.78, 5) is 40.3. The topological polar surface area (TPSA) is 114 Å². The Balaban J connectivity index is 4.90. The van der Waals surface area contributed by atoms with Gasteiger partial charge in [0.15, 0.2) is 0 Å². The van der Waals surface area contributed by atoms with Crippen LogP contribution in [0.25, 0.3) is 0 Å². The van der Waals surface area contributed by atoms with Crippen molar-refractivity contribution in [3.63, 3.8) is 0 Å². The molecule has 3 atom stereocenters. The van der Waals surface area contributed by atoms with Gasteiger partial charge in [0.2, 0.25) is 5.91 Å². The molecule has 0 spiro atoms. The molecule has 92 heavy (non-hydrogen) atoms. The van der Waals surface area contributed by atoms with Crippen LogP contribution in [0.1, 0.15) is 387 Å². The summed E-state index contributed by atoms with van der Waals surface area (Å²) in [7, 11) is 1.20. The molecule has 538 valence electrons. The number of hydrogen-bond acceptors (Lipinski definition) is 7. The highest BCUT2D eigenvalue weighted by molar-refractivity contribution is 7.45. The van der Waals surface area contributed by atoms with Crippen LogP contribution in [0.2, 0.25) is 0 Å². The molecule has 0 bridgehead atoms. The largest absolute Gasteiger partial charge is 0.756 e. The van der Waals surface area contributed by atoms with Crippen LogP contribution in [-0.4, -0.2) is 69.4 Å². The second-order valence-electron chi connectivity index (χ2n) is 28.2. The molecule has 0 heterocycles. The van der Waals surface area contributed by atoms with E-state index in [0.717, 1.165) is 77.0 Å². The maximum atomic E-state index is 13.7. The Hall–Kier alpha value is -2.55. The molecule has 0 aromatic heterocycles. The van der Waals surface area contributed by atoms with E-state index in [1.54, 1.807) is 0 Å². The van der Waals surface area contributed by atoms with Crippen LogP contribution in [0.4, 0.5) is 0 Å². The fraction of sp³-hybridized carbons (Fsp3) is 0.829. The van der Waals surface area contributed by atoms with Crippen LogP contribution in [0, 0.1) is 0 Å². The smallest absolute Gasteiger partial charge is 0.306 e. The van der Waals surface area contributed by atoms with E-state index in [4.69, 9.17) is 13.8 Å². The molecule has 0 saturated heterocycles. The van der Waals surface area contributed by atoms with Crippen molar-refractivity contribution in [2.75, 3.05) is 40.9 Å². The predicted octanol–water partition coefficient (Wildman–Crippen LogP) is 25.2. The van der Waals surface area contributed by atoms with E-state index >= 15 is 0 Å². The Bertz CT molecular complexity index is 1800. The minimum Gasteiger partial charge on any atom is -0.756 e. The maximum Gasteiger partial charge on any atom is 0.306 e. The molecule has 0 rings (SSSR count). The van der Waals surface area contributed by atoms with Crippen LogP contribution in [-0.2, 0) is 27.9 Å². The van der Waals surface area contributed by atoms with Crippen molar-refractivity contribution in [3.05, 3.63) is 72.9 Å². The van der Waals surface area contributed by atoms with Crippen molar-refractivity contribution in [2.24, 2.45) is 0 Å². The van der Waals surface area contributed by atoms with Crippen molar-refractivity contribution in [1.29, 1.82) is 0 Å². The van der Waals surface area contributed by atoms with Crippen LogP contribution in [0.15, 0.2) is 72.9 Å². The van der Waals surface area contributed by atoms with E-state index in [0.29, 0.717) is 17.4 Å². The summed E-state index contributed by atoms with van der Waals surface area (Å²) >= 11 is 0. The SMILES string of the molecule is CCCCC/C=C\C/C=C\C/C=C\CCCCCCCCCCCCCCCCC(=O)OC(/C=C/CCCCCCCCCCCC)C(COP(=O)([O-])OCC[N+](C)(C)C)NC(=O)CCCCCCCCCCCCCCCCCCC/C=C\C/C=C\CCCCC. The number of phosphoric acid groups is 1. The predicted molar refractivity (Wildman–Crippen MR) is 399 cm³/mol. The number of likely N-dealkylation sites (N-methyl/N-ethyl adjacent to an activating group) is 1. The second kappa shape index (κ2) is 71.2. The first kappa shape index (κ1) is 89.5. The zero-order chi connectivity index (χ0) is 67.0. The molecular weight excluding hydrogens is 1160 g/mol. The average Bonchev–Trinajstić information content (AvgIpc) is 3.72. The zero-order valence-electron chi connectivity index (χ0n) is 61.8. The summed E-state index contributed by atoms with van der Waals surface area (Å²) in [5.74, 6) is -0.525. The van der Waals surface area contributed by atoms with Crippen LogP contribution >= 0.6 is 7.82 Å². The van der Waals surface area contributed by atoms with Gasteiger partial charge in [-0.15, -0.1) is 0 Å². The first-order chi connectivity index (χ1) is 44.9. The number of esters is 1. The van der Waals surface area contributed by atoms with Gasteiger partial charge in [-0.2, -0.15) is 0 Å². The van der Waals surface area contributed by atoms with Gasteiger partial charge in [0.1, 0.15) is 19.3 Å². The highest BCUT2D eigenvalue weighted by atomic mass is 31.2. The number of unbranched alkanes of at least 4 members (excludes halogenated alkanes) is 47. The lowest BCUT2D eigenvalue weighted by Gasteiger charge is -2.30. The van der Waals surface area contributed by atoms with Gasteiger partial charge in [-0.1, -0.05) is 344 Å². The molecule has 3 unspecified atom stereocenters. The second-order valence-corrected chi connectivity index (χ2v) is 29.6. The number of carbonyl (C=O) groups is 2. The van der Waals surface area contributed by atoms with Crippen LogP contribution < -0.4 is 10.2 Å². The quantitative estimate of drug-likeness (QED) is 0.0212. The van der Waals surface area contributed by atoms with Crippen molar-refractivity contribution < 1.29 is 37.3 Å². The van der Waals surface area contributed by atoms with E-state index in [1.165, 1.54) is 276 Å². The Labute approximate surface area is 572 Å². The lowest BCUT2D eigenvalue weighted by molar-refractivity contribution is -0.870. The molecule has 0 aliphatic carbocycles. The average molecular weight is 1310 g/mol. The summed E-state index contributed by atoms with van der Waals surface area (Å²) in [6.45, 7) is 6.85. The fourth-order valence-electron chi connectivity index (χ4n) is 11.7. The number of phosphoric ester groups is 1. The molecule has 1 N–H and O–H groups in total. The van der Waals surface area contributed by atoms with Gasteiger partial charge in [0, 0.05) is 12.8 Å². The molecule has 9 nitrogen and oxygen atoms in total. The number of quaternary nitrogens is 1. The summed E-state index contributed by atoms with van der Waals surface area (Å²) in [5.41, 5.74) is 0. The van der Waals surface area contributed by atoms with Crippen molar-refractivity contribution in [3.8, 4) is 0 Å². The molecule has 10 heteroatoms. The van der Waals surface area contributed by atoms with Crippen LogP contribution in [0.3, 0.4) is 0 Å². The molecule has 0 aromatic rings. The monoisotopic (exact) mass is 1310 g/mol. The number of rotatable bonds is 73. The number of allylic oxidation sites excluding steroid dienone is 11. The Kier molecular flexibility index (Phi) is 69.3. The lowest BCUT2D eigenvalue weighted by atomic mass is 10.0. The van der Waals surface area contributed by atoms with Gasteiger partial charge < -0.3 is 28.5 Å². The standard InChI is InChI=1S/C82H153N2O7P/c1-7-10-13-16-19-22-25-28-30-32-34-36-38-40-42-44-46-48-50-52-54-56-59-62-65-68-71-74-81(85)83-79(78-90-92(87,88)89-77-76-84(4,5)6)80(73-70-67-64-61-58-27-24-21-18-15-12-9-3)91-82(86)75-72-69-66-63-60-57-55-53-51-49-47-45-43-41-39-37-35-33-31-29-26-23-20-17-14-11-8-2/h19-20,22-23,28-31,35,37,70,73,79-80H,7-18,21,24-27,32-34,36,38-69,71-72,74-78H2,1-6H3,(H-,83,85,87,88)/b22-19-,23-20-,30-28-,31-29-,37-35-,73-70+. The molecule has 0 aliphatic heterocycles. The van der Waals surface area contributed by atoms with Gasteiger partial charge >= 0.3 is 5.97 Å². The number of nitrogens with one attached hydrogen (secondary N) is 1. The molecular formula is C82H153N2O7P. The highest BCUT2D eigenvalue weighted by Crippen LogP contribution is 2.38. The van der Waals surface area contributed by atoms with Gasteiger partial charge in [-0.25, -0.2) is 0 Å². The molecule has 0 aliphatic rings. The van der Waals surface area contributed by atoms with E-state index in [-0.39, 0.29) is 31.5 Å². The molecule has 1 amide bonds. The highest BCUT2D eigenvalue weighted by Gasteiger charge is 2.27. The summed E-state index contributed by atoms with van der Waals surface area (Å²) in [5, 5.41) is 3.06. The Morgan fingerprint density at radius 2 is 0.663 bits per heavy atom. The fourth-order valence-corrected chi connectivity index (χ4v) is 12.5.